The van der Waals surface area contributed by atoms with Gasteiger partial charge in [-0.25, -0.2) is 0 Å². The van der Waals surface area contributed by atoms with E-state index in [1.54, 1.807) is 0 Å². The van der Waals surface area contributed by atoms with Gasteiger partial charge in [0.1, 0.15) is 22.3 Å². The van der Waals surface area contributed by atoms with Gasteiger partial charge in [-0.15, -0.1) is 0 Å². The summed E-state index contributed by atoms with van der Waals surface area (Å²) in [7, 11) is 0. The number of hydrogen-bond acceptors (Lipinski definition) is 3. The lowest BCUT2D eigenvalue weighted by Crippen LogP contribution is -2.10. The van der Waals surface area contributed by atoms with Crippen molar-refractivity contribution in [3.63, 3.8) is 0 Å². The summed E-state index contributed by atoms with van der Waals surface area (Å²) < 4.78 is 12.7. The van der Waals surface area contributed by atoms with Crippen LogP contribution in [0.15, 0.2) is 197 Å². The van der Waals surface area contributed by atoms with E-state index in [9.17, 15) is 0 Å². The number of hydrogen-bond donors (Lipinski definition) is 0. The molecular formula is C50H31NO2. The van der Waals surface area contributed by atoms with E-state index in [0.717, 1.165) is 66.3 Å². The Balaban J connectivity index is 1.11. The first-order chi connectivity index (χ1) is 26.2. The van der Waals surface area contributed by atoms with Crippen LogP contribution >= 0.6 is 0 Å². The number of benzene rings is 9. The van der Waals surface area contributed by atoms with Gasteiger partial charge in [0, 0.05) is 27.5 Å². The molecular weight excluding hydrogens is 647 g/mol. The van der Waals surface area contributed by atoms with Crippen LogP contribution in [0, 0.1) is 0 Å². The summed E-state index contributed by atoms with van der Waals surface area (Å²) in [6, 6.07) is 66.9. The maximum atomic E-state index is 6.40. The van der Waals surface area contributed by atoms with Crippen LogP contribution in [-0.2, 0) is 0 Å². The summed E-state index contributed by atoms with van der Waals surface area (Å²) in [6.45, 7) is 0. The predicted molar refractivity (Wildman–Crippen MR) is 222 cm³/mol. The van der Waals surface area contributed by atoms with E-state index in [4.69, 9.17) is 8.83 Å². The zero-order valence-corrected chi connectivity index (χ0v) is 28.7. The molecule has 11 rings (SSSR count). The number of rotatable bonds is 5. The second kappa shape index (κ2) is 11.7. The van der Waals surface area contributed by atoms with Crippen molar-refractivity contribution in [1.29, 1.82) is 0 Å². The zero-order chi connectivity index (χ0) is 34.9. The Kier molecular flexibility index (Phi) is 6.55. The number of furan rings is 2. The number of para-hydroxylation sites is 2. The summed E-state index contributed by atoms with van der Waals surface area (Å²) in [6.07, 6.45) is 0. The lowest BCUT2D eigenvalue weighted by molar-refractivity contribution is 0.669. The van der Waals surface area contributed by atoms with Crippen LogP contribution in [0.1, 0.15) is 0 Å². The van der Waals surface area contributed by atoms with Crippen LogP contribution in [0.2, 0.25) is 0 Å². The van der Waals surface area contributed by atoms with Gasteiger partial charge >= 0.3 is 0 Å². The van der Waals surface area contributed by atoms with Crippen molar-refractivity contribution in [3.8, 4) is 22.3 Å². The Morgan fingerprint density at radius 2 is 0.887 bits per heavy atom. The van der Waals surface area contributed by atoms with Gasteiger partial charge in [0.25, 0.3) is 0 Å². The SMILES string of the molecule is c1ccc(-c2cccc(-c3ccc(N(c4ccc5ccc6cc7oc8ccccc8c7cc6c5c4)c4cccc5oc6ccccc6c45)cc3)c2)cc1. The first-order valence-corrected chi connectivity index (χ1v) is 18.0. The molecule has 0 fully saturated rings. The quantitative estimate of drug-likeness (QED) is 0.170. The Morgan fingerprint density at radius 3 is 1.72 bits per heavy atom. The molecule has 0 N–H and O–H groups in total. The smallest absolute Gasteiger partial charge is 0.137 e. The van der Waals surface area contributed by atoms with Crippen LogP contribution in [0.3, 0.4) is 0 Å². The first-order valence-electron chi connectivity index (χ1n) is 18.0. The average Bonchev–Trinajstić information content (AvgIpc) is 3.79. The molecule has 11 aromatic rings. The van der Waals surface area contributed by atoms with Gasteiger partial charge in [-0.3, -0.25) is 0 Å². The molecule has 9 aromatic carbocycles. The standard InChI is InChI=1S/C50H31NO2/c1-2-10-32(11-3-1)35-12-8-13-36(28-35)33-22-25-38(26-23-33)51(45-16-9-19-48-50(45)41-15-5-7-18-47(41)52-48)39-27-24-34-20-21-37-29-49-44(31-43(37)42(34)30-39)40-14-4-6-17-46(40)53-49/h1-31H. The molecule has 0 saturated heterocycles. The van der Waals surface area contributed by atoms with Crippen molar-refractivity contribution in [2.75, 3.05) is 4.90 Å². The van der Waals surface area contributed by atoms with Crippen molar-refractivity contribution in [3.05, 3.63) is 188 Å². The molecule has 0 atom stereocenters. The van der Waals surface area contributed by atoms with E-state index in [1.165, 1.54) is 38.4 Å². The normalized spacial score (nSPS) is 11.8. The topological polar surface area (TPSA) is 29.5 Å². The molecule has 0 amide bonds. The fraction of sp³-hybridized carbons (Fsp3) is 0. The van der Waals surface area contributed by atoms with Crippen molar-refractivity contribution in [2.24, 2.45) is 0 Å². The van der Waals surface area contributed by atoms with Crippen LogP contribution in [-0.4, -0.2) is 0 Å². The minimum absolute atomic E-state index is 0.864. The summed E-state index contributed by atoms with van der Waals surface area (Å²) in [5.41, 5.74) is 11.5. The van der Waals surface area contributed by atoms with Gasteiger partial charge in [-0.2, -0.15) is 0 Å². The Hall–Kier alpha value is -7.10. The van der Waals surface area contributed by atoms with Crippen LogP contribution in [0.5, 0.6) is 0 Å². The minimum atomic E-state index is 0.864. The molecule has 3 nitrogen and oxygen atoms in total. The molecule has 53 heavy (non-hydrogen) atoms. The molecule has 2 heterocycles. The Morgan fingerprint density at radius 1 is 0.302 bits per heavy atom. The van der Waals surface area contributed by atoms with Gasteiger partial charge in [-0.1, -0.05) is 121 Å². The number of nitrogens with zero attached hydrogens (tertiary/aromatic N) is 1. The monoisotopic (exact) mass is 677 g/mol. The molecule has 0 aliphatic heterocycles. The van der Waals surface area contributed by atoms with Crippen LogP contribution in [0.25, 0.3) is 87.7 Å². The highest BCUT2D eigenvalue weighted by molar-refractivity contribution is 6.18. The van der Waals surface area contributed by atoms with Crippen molar-refractivity contribution < 1.29 is 8.83 Å². The highest BCUT2D eigenvalue weighted by Gasteiger charge is 2.20. The minimum Gasteiger partial charge on any atom is -0.456 e. The molecule has 0 unspecified atom stereocenters. The van der Waals surface area contributed by atoms with Gasteiger partial charge in [0.05, 0.1) is 11.1 Å². The first kappa shape index (κ1) is 29.6. The molecule has 3 heteroatoms. The second-order valence-electron chi connectivity index (χ2n) is 13.7. The van der Waals surface area contributed by atoms with E-state index in [1.807, 2.05) is 24.3 Å². The van der Waals surface area contributed by atoms with E-state index < -0.39 is 0 Å². The second-order valence-corrected chi connectivity index (χ2v) is 13.7. The molecule has 0 bridgehead atoms. The molecule has 0 spiro atoms. The highest BCUT2D eigenvalue weighted by Crippen LogP contribution is 2.45. The molecule has 0 aliphatic carbocycles. The van der Waals surface area contributed by atoms with Crippen molar-refractivity contribution >= 4 is 82.5 Å². The van der Waals surface area contributed by atoms with E-state index in [-0.39, 0.29) is 0 Å². The summed E-state index contributed by atoms with van der Waals surface area (Å²) in [5, 5.41) is 9.17. The largest absolute Gasteiger partial charge is 0.456 e. The van der Waals surface area contributed by atoms with Gasteiger partial charge < -0.3 is 13.7 Å². The van der Waals surface area contributed by atoms with Crippen LogP contribution in [0.4, 0.5) is 17.1 Å². The fourth-order valence-electron chi connectivity index (χ4n) is 8.08. The Bertz CT molecular complexity index is 3170. The summed E-state index contributed by atoms with van der Waals surface area (Å²) in [4.78, 5) is 2.37. The van der Waals surface area contributed by atoms with Crippen molar-refractivity contribution in [2.45, 2.75) is 0 Å². The molecule has 2 aromatic heterocycles. The average molecular weight is 678 g/mol. The molecule has 0 saturated carbocycles. The number of anilines is 3. The highest BCUT2D eigenvalue weighted by atomic mass is 16.3. The molecule has 0 aliphatic rings. The fourth-order valence-corrected chi connectivity index (χ4v) is 8.08. The van der Waals surface area contributed by atoms with E-state index in [0.29, 0.717) is 0 Å². The van der Waals surface area contributed by atoms with E-state index >= 15 is 0 Å². The third-order valence-corrected chi connectivity index (χ3v) is 10.6. The van der Waals surface area contributed by atoms with Crippen molar-refractivity contribution in [1.82, 2.24) is 0 Å². The predicted octanol–water partition coefficient (Wildman–Crippen LogP) is 14.6. The zero-order valence-electron chi connectivity index (χ0n) is 28.7. The lowest BCUT2D eigenvalue weighted by Gasteiger charge is -2.27. The molecule has 0 radical (unpaired) electrons. The van der Waals surface area contributed by atoms with Gasteiger partial charge in [-0.05, 0) is 111 Å². The third-order valence-electron chi connectivity index (χ3n) is 10.6. The third kappa shape index (κ3) is 4.82. The van der Waals surface area contributed by atoms with Gasteiger partial charge in [0.15, 0.2) is 0 Å². The molecule has 248 valence electrons. The van der Waals surface area contributed by atoms with E-state index in [2.05, 4.69) is 169 Å². The Labute approximate surface area is 305 Å². The lowest BCUT2D eigenvalue weighted by atomic mass is 9.98. The maximum absolute atomic E-state index is 6.40. The van der Waals surface area contributed by atoms with Gasteiger partial charge in [0.2, 0.25) is 0 Å². The maximum Gasteiger partial charge on any atom is 0.137 e. The van der Waals surface area contributed by atoms with Crippen LogP contribution < -0.4 is 4.90 Å². The summed E-state index contributed by atoms with van der Waals surface area (Å²) in [5.74, 6) is 0. The summed E-state index contributed by atoms with van der Waals surface area (Å²) >= 11 is 0. The number of fused-ring (bicyclic) bond motifs is 9.